The van der Waals surface area contributed by atoms with Gasteiger partial charge in [-0.25, -0.2) is 4.68 Å². The van der Waals surface area contributed by atoms with E-state index < -0.39 is 0 Å². The molecule has 2 heterocycles. The van der Waals surface area contributed by atoms with Gasteiger partial charge in [0.1, 0.15) is 5.75 Å². The molecule has 8 heteroatoms. The molecule has 1 aliphatic heterocycles. The lowest BCUT2D eigenvalue weighted by molar-refractivity contribution is 0.0745. The minimum atomic E-state index is -0.170. The second-order valence-corrected chi connectivity index (χ2v) is 6.64. The third-order valence-corrected chi connectivity index (χ3v) is 4.87. The van der Waals surface area contributed by atoms with Crippen LogP contribution in [0.2, 0.25) is 0 Å². The number of methoxy groups -OCH3 is 1. The quantitative estimate of drug-likeness (QED) is 0.640. The van der Waals surface area contributed by atoms with Crippen LogP contribution < -0.4 is 14.2 Å². The van der Waals surface area contributed by atoms with Gasteiger partial charge in [0.05, 0.1) is 18.5 Å². The van der Waals surface area contributed by atoms with Crippen LogP contribution >= 0.6 is 0 Å². The molecular formula is C21H22N4O4. The van der Waals surface area contributed by atoms with E-state index in [9.17, 15) is 4.79 Å². The summed E-state index contributed by atoms with van der Waals surface area (Å²) in [6, 6.07) is 13.2. The number of ether oxygens (including phenoxy) is 3. The van der Waals surface area contributed by atoms with Crippen LogP contribution in [0.1, 0.15) is 28.7 Å². The summed E-state index contributed by atoms with van der Waals surface area (Å²) in [5.41, 5.74) is 2.75. The van der Waals surface area contributed by atoms with Crippen molar-refractivity contribution in [3.8, 4) is 22.9 Å². The van der Waals surface area contributed by atoms with Crippen LogP contribution in [0.25, 0.3) is 5.69 Å². The van der Waals surface area contributed by atoms with Gasteiger partial charge in [-0.05, 0) is 43.7 Å². The van der Waals surface area contributed by atoms with E-state index in [4.69, 9.17) is 14.2 Å². The maximum atomic E-state index is 13.1. The number of carbonyl (C=O) groups excluding carboxylic acids is 1. The molecule has 1 amide bonds. The molecule has 1 aliphatic rings. The summed E-state index contributed by atoms with van der Waals surface area (Å²) in [4.78, 5) is 14.9. The fourth-order valence-electron chi connectivity index (χ4n) is 3.25. The van der Waals surface area contributed by atoms with Gasteiger partial charge in [-0.1, -0.05) is 17.3 Å². The molecule has 29 heavy (non-hydrogen) atoms. The molecule has 4 rings (SSSR count). The van der Waals surface area contributed by atoms with E-state index in [2.05, 4.69) is 10.3 Å². The average Bonchev–Trinajstić information content (AvgIpc) is 3.37. The van der Waals surface area contributed by atoms with E-state index in [0.717, 1.165) is 17.0 Å². The molecule has 0 aliphatic carbocycles. The van der Waals surface area contributed by atoms with Gasteiger partial charge in [0.15, 0.2) is 17.2 Å². The normalized spacial score (nSPS) is 12.1. The van der Waals surface area contributed by atoms with Crippen molar-refractivity contribution in [2.24, 2.45) is 0 Å². The molecule has 1 aromatic heterocycles. The molecule has 2 aromatic carbocycles. The summed E-state index contributed by atoms with van der Waals surface area (Å²) in [6.45, 7) is 4.98. The number of benzene rings is 2. The van der Waals surface area contributed by atoms with Crippen molar-refractivity contribution in [3.05, 3.63) is 59.4 Å². The number of fused-ring (bicyclic) bond motifs is 1. The van der Waals surface area contributed by atoms with Gasteiger partial charge in [-0.3, -0.25) is 4.79 Å². The van der Waals surface area contributed by atoms with Crippen LogP contribution in [0, 0.1) is 6.92 Å². The Balaban J connectivity index is 1.57. The molecule has 150 valence electrons. The first kappa shape index (κ1) is 18.8. The van der Waals surface area contributed by atoms with E-state index >= 15 is 0 Å². The highest BCUT2D eigenvalue weighted by atomic mass is 16.7. The fourth-order valence-corrected chi connectivity index (χ4v) is 3.25. The first-order chi connectivity index (χ1) is 14.1. The summed E-state index contributed by atoms with van der Waals surface area (Å²) in [6.07, 6.45) is 0. The molecule has 0 unspecified atom stereocenters. The predicted octanol–water partition coefficient (Wildman–Crippen LogP) is 2.98. The van der Waals surface area contributed by atoms with Crippen molar-refractivity contribution in [3.63, 3.8) is 0 Å². The lowest BCUT2D eigenvalue weighted by atomic mass is 10.1. The van der Waals surface area contributed by atoms with Crippen LogP contribution in [0.15, 0.2) is 42.5 Å². The first-order valence-corrected chi connectivity index (χ1v) is 9.35. The summed E-state index contributed by atoms with van der Waals surface area (Å²) in [5.74, 6) is 1.96. The lowest BCUT2D eigenvalue weighted by Crippen LogP contribution is -2.31. The zero-order valence-corrected chi connectivity index (χ0v) is 16.6. The number of aromatic nitrogens is 3. The third kappa shape index (κ3) is 3.61. The molecule has 3 aromatic rings. The average molecular weight is 394 g/mol. The monoisotopic (exact) mass is 394 g/mol. The van der Waals surface area contributed by atoms with E-state index in [1.807, 2.05) is 56.3 Å². The van der Waals surface area contributed by atoms with E-state index in [1.165, 1.54) is 0 Å². The Morgan fingerprint density at radius 1 is 1.21 bits per heavy atom. The number of amides is 1. The van der Waals surface area contributed by atoms with Crippen molar-refractivity contribution in [1.29, 1.82) is 0 Å². The minimum Gasteiger partial charge on any atom is -0.497 e. The summed E-state index contributed by atoms with van der Waals surface area (Å²) in [5, 5.41) is 8.33. The molecule has 0 saturated heterocycles. The maximum absolute atomic E-state index is 13.1. The summed E-state index contributed by atoms with van der Waals surface area (Å²) in [7, 11) is 1.61. The summed E-state index contributed by atoms with van der Waals surface area (Å²) < 4.78 is 17.7. The number of hydrogen-bond acceptors (Lipinski definition) is 6. The summed E-state index contributed by atoms with van der Waals surface area (Å²) >= 11 is 0. The van der Waals surface area contributed by atoms with Crippen LogP contribution in [0.5, 0.6) is 17.2 Å². The number of carbonyl (C=O) groups is 1. The lowest BCUT2D eigenvalue weighted by Gasteiger charge is -2.20. The zero-order chi connectivity index (χ0) is 20.4. The molecule has 0 fully saturated rings. The SMILES string of the molecule is CCN(Cc1ccc2c(c1)OCO2)C(=O)c1nnn(-c2cccc(OC)c2)c1C. The molecule has 0 bridgehead atoms. The molecule has 0 spiro atoms. The first-order valence-electron chi connectivity index (χ1n) is 9.35. The zero-order valence-electron chi connectivity index (χ0n) is 16.6. The number of hydrogen-bond donors (Lipinski definition) is 0. The van der Waals surface area contributed by atoms with Crippen molar-refractivity contribution in [2.45, 2.75) is 20.4 Å². The Hall–Kier alpha value is -3.55. The van der Waals surface area contributed by atoms with Crippen molar-refractivity contribution < 1.29 is 19.0 Å². The molecule has 0 N–H and O–H groups in total. The standard InChI is InChI=1S/C21H22N4O4/c1-4-24(12-15-8-9-18-19(10-15)29-13-28-18)21(26)20-14(2)25(23-22-20)16-6-5-7-17(11-16)27-3/h5-11H,4,12-13H2,1-3H3. The van der Waals surface area contributed by atoms with Crippen molar-refractivity contribution in [2.75, 3.05) is 20.4 Å². The van der Waals surface area contributed by atoms with Crippen molar-refractivity contribution in [1.82, 2.24) is 19.9 Å². The second-order valence-electron chi connectivity index (χ2n) is 6.64. The van der Waals surface area contributed by atoms with Crippen LogP contribution in [-0.2, 0) is 6.54 Å². The van der Waals surface area contributed by atoms with Gasteiger partial charge in [0.2, 0.25) is 6.79 Å². The molecular weight excluding hydrogens is 372 g/mol. The van der Waals surface area contributed by atoms with Gasteiger partial charge in [-0.2, -0.15) is 0 Å². The molecule has 8 nitrogen and oxygen atoms in total. The van der Waals surface area contributed by atoms with Crippen LogP contribution in [0.4, 0.5) is 0 Å². The Morgan fingerprint density at radius 2 is 2.03 bits per heavy atom. The molecule has 0 saturated carbocycles. The van der Waals surface area contributed by atoms with Crippen molar-refractivity contribution >= 4 is 5.91 Å². The molecule has 0 atom stereocenters. The highest BCUT2D eigenvalue weighted by Gasteiger charge is 2.23. The smallest absolute Gasteiger partial charge is 0.276 e. The van der Waals surface area contributed by atoms with Gasteiger partial charge < -0.3 is 19.1 Å². The Morgan fingerprint density at radius 3 is 2.83 bits per heavy atom. The van der Waals surface area contributed by atoms with Crippen LogP contribution in [0.3, 0.4) is 0 Å². The predicted molar refractivity (Wildman–Crippen MR) is 106 cm³/mol. The van der Waals surface area contributed by atoms with E-state index in [1.54, 1.807) is 16.7 Å². The Kier molecular flexibility index (Phi) is 5.07. The van der Waals surface area contributed by atoms with E-state index in [0.29, 0.717) is 36.0 Å². The Labute approximate surface area is 168 Å². The van der Waals surface area contributed by atoms with Gasteiger partial charge >= 0.3 is 0 Å². The topological polar surface area (TPSA) is 78.7 Å². The van der Waals surface area contributed by atoms with Gasteiger partial charge in [0.25, 0.3) is 5.91 Å². The number of rotatable bonds is 6. The Bertz CT molecular complexity index is 1050. The van der Waals surface area contributed by atoms with Gasteiger partial charge in [0, 0.05) is 19.2 Å². The van der Waals surface area contributed by atoms with E-state index in [-0.39, 0.29) is 12.7 Å². The van der Waals surface area contributed by atoms with Gasteiger partial charge in [-0.15, -0.1) is 5.10 Å². The van der Waals surface area contributed by atoms with Crippen LogP contribution in [-0.4, -0.2) is 46.2 Å². The highest BCUT2D eigenvalue weighted by molar-refractivity contribution is 5.93. The largest absolute Gasteiger partial charge is 0.497 e. The maximum Gasteiger partial charge on any atom is 0.276 e. The highest BCUT2D eigenvalue weighted by Crippen LogP contribution is 2.33. The fraction of sp³-hybridized carbons (Fsp3) is 0.286. The molecule has 0 radical (unpaired) electrons. The third-order valence-electron chi connectivity index (χ3n) is 4.87. The minimum absolute atomic E-state index is 0.170. The number of nitrogens with zero attached hydrogens (tertiary/aromatic N) is 4. The second kappa shape index (κ2) is 7.83.